The van der Waals surface area contributed by atoms with Crippen molar-refractivity contribution >= 4 is 28.3 Å². The van der Waals surface area contributed by atoms with Crippen molar-refractivity contribution in [3.63, 3.8) is 0 Å². The number of para-hydroxylation sites is 1. The van der Waals surface area contributed by atoms with E-state index < -0.39 is 0 Å². The highest BCUT2D eigenvalue weighted by molar-refractivity contribution is 5.80. The lowest BCUT2D eigenvalue weighted by molar-refractivity contribution is -0.131. The minimum Gasteiger partial charge on any atom is -0.368 e. The van der Waals surface area contributed by atoms with Gasteiger partial charge in [0.25, 0.3) is 5.56 Å². The highest BCUT2D eigenvalue weighted by Crippen LogP contribution is 2.23. The molecule has 3 heterocycles. The van der Waals surface area contributed by atoms with Crippen molar-refractivity contribution in [1.82, 2.24) is 24.1 Å². The van der Waals surface area contributed by atoms with Crippen molar-refractivity contribution in [2.24, 2.45) is 5.92 Å². The van der Waals surface area contributed by atoms with E-state index in [-0.39, 0.29) is 17.4 Å². The number of fused-ring (bicyclic) bond motifs is 3. The van der Waals surface area contributed by atoms with Crippen LogP contribution in [0.5, 0.6) is 0 Å². The first-order valence-corrected chi connectivity index (χ1v) is 12.8. The number of aryl methyl sites for hydroxylation is 3. The summed E-state index contributed by atoms with van der Waals surface area (Å²) in [5, 5.41) is 9.43. The summed E-state index contributed by atoms with van der Waals surface area (Å²) in [6.07, 6.45) is 0.836. The van der Waals surface area contributed by atoms with Gasteiger partial charge in [-0.25, -0.2) is 0 Å². The van der Waals surface area contributed by atoms with Gasteiger partial charge in [0, 0.05) is 51.3 Å². The van der Waals surface area contributed by atoms with Gasteiger partial charge < -0.3 is 9.80 Å². The molecule has 0 aliphatic carbocycles. The fourth-order valence-electron chi connectivity index (χ4n) is 5.14. The first kappa shape index (κ1) is 24.0. The van der Waals surface area contributed by atoms with E-state index in [0.717, 1.165) is 18.6 Å². The standard InChI is InChI=1S/C28H34N6O2/c1-19(2)18-33-27(36)22-7-5-6-8-23(22)34-25(29-30-28(33)34)11-12-26(35)32-15-13-31(14-16-32)24-17-20(3)9-10-21(24)4/h5-10,17,19H,11-16,18H2,1-4H3. The maximum atomic E-state index is 13.1. The van der Waals surface area contributed by atoms with Crippen molar-refractivity contribution in [2.45, 2.75) is 47.1 Å². The highest BCUT2D eigenvalue weighted by atomic mass is 16.2. The maximum Gasteiger partial charge on any atom is 0.262 e. The zero-order valence-electron chi connectivity index (χ0n) is 21.6. The van der Waals surface area contributed by atoms with E-state index >= 15 is 0 Å². The second-order valence-corrected chi connectivity index (χ2v) is 10.2. The lowest BCUT2D eigenvalue weighted by atomic mass is 10.1. The van der Waals surface area contributed by atoms with Gasteiger partial charge in [-0.1, -0.05) is 38.1 Å². The van der Waals surface area contributed by atoms with Crippen LogP contribution in [-0.2, 0) is 17.8 Å². The summed E-state index contributed by atoms with van der Waals surface area (Å²) in [5.41, 5.74) is 4.51. The summed E-state index contributed by atoms with van der Waals surface area (Å²) in [6.45, 7) is 12.1. The third kappa shape index (κ3) is 4.47. The number of hydrogen-bond acceptors (Lipinski definition) is 5. The van der Waals surface area contributed by atoms with Crippen LogP contribution in [0.25, 0.3) is 16.7 Å². The molecular weight excluding hydrogens is 452 g/mol. The number of carbonyl (C=O) groups excluding carboxylic acids is 1. The van der Waals surface area contributed by atoms with Gasteiger partial charge in [0.2, 0.25) is 11.7 Å². The van der Waals surface area contributed by atoms with Crippen LogP contribution < -0.4 is 10.5 Å². The summed E-state index contributed by atoms with van der Waals surface area (Å²) < 4.78 is 3.66. The third-order valence-corrected chi connectivity index (χ3v) is 7.02. The average molecular weight is 487 g/mol. The lowest BCUT2D eigenvalue weighted by Gasteiger charge is -2.37. The molecule has 1 aliphatic rings. The number of piperazine rings is 1. The number of amides is 1. The fourth-order valence-corrected chi connectivity index (χ4v) is 5.14. The molecule has 1 saturated heterocycles. The summed E-state index contributed by atoms with van der Waals surface area (Å²) in [5.74, 6) is 1.67. The van der Waals surface area contributed by atoms with E-state index in [1.807, 2.05) is 33.6 Å². The molecule has 2 aromatic heterocycles. The second-order valence-electron chi connectivity index (χ2n) is 10.2. The quantitative estimate of drug-likeness (QED) is 0.416. The molecule has 1 amide bonds. The second kappa shape index (κ2) is 9.76. The number of aromatic nitrogens is 4. The Morgan fingerprint density at radius 1 is 1.00 bits per heavy atom. The molecule has 0 radical (unpaired) electrons. The zero-order chi connectivity index (χ0) is 25.4. The van der Waals surface area contributed by atoms with Crippen LogP contribution in [0.1, 0.15) is 37.2 Å². The highest BCUT2D eigenvalue weighted by Gasteiger charge is 2.23. The molecule has 188 valence electrons. The van der Waals surface area contributed by atoms with Gasteiger partial charge in [-0.15, -0.1) is 10.2 Å². The van der Waals surface area contributed by atoms with Crippen LogP contribution in [0.4, 0.5) is 5.69 Å². The molecular formula is C28H34N6O2. The van der Waals surface area contributed by atoms with Crippen molar-refractivity contribution in [3.8, 4) is 0 Å². The third-order valence-electron chi connectivity index (χ3n) is 7.02. The van der Waals surface area contributed by atoms with Crippen LogP contribution in [0, 0.1) is 19.8 Å². The van der Waals surface area contributed by atoms with E-state index in [0.29, 0.717) is 49.5 Å². The summed E-state index contributed by atoms with van der Waals surface area (Å²) in [7, 11) is 0. The monoisotopic (exact) mass is 486 g/mol. The Kier molecular flexibility index (Phi) is 6.51. The van der Waals surface area contributed by atoms with Crippen LogP contribution in [0.3, 0.4) is 0 Å². The molecule has 0 atom stereocenters. The van der Waals surface area contributed by atoms with Gasteiger partial charge in [-0.3, -0.25) is 18.6 Å². The van der Waals surface area contributed by atoms with E-state index in [4.69, 9.17) is 0 Å². The predicted octanol–water partition coefficient (Wildman–Crippen LogP) is 3.60. The average Bonchev–Trinajstić information content (AvgIpc) is 3.30. The fraction of sp³-hybridized carbons (Fsp3) is 0.429. The Bertz CT molecular complexity index is 1480. The van der Waals surface area contributed by atoms with E-state index in [1.165, 1.54) is 16.8 Å². The molecule has 8 heteroatoms. The number of nitrogens with zero attached hydrogens (tertiary/aromatic N) is 6. The molecule has 0 N–H and O–H groups in total. The van der Waals surface area contributed by atoms with Crippen LogP contribution in [0.15, 0.2) is 47.3 Å². The molecule has 8 nitrogen and oxygen atoms in total. The molecule has 0 spiro atoms. The minimum absolute atomic E-state index is 0.0523. The van der Waals surface area contributed by atoms with Crippen LogP contribution in [-0.4, -0.2) is 56.2 Å². The molecule has 5 rings (SSSR count). The molecule has 2 aromatic carbocycles. The Hall–Kier alpha value is -3.68. The van der Waals surface area contributed by atoms with Crippen LogP contribution in [0.2, 0.25) is 0 Å². The van der Waals surface area contributed by atoms with E-state index in [1.54, 1.807) is 4.57 Å². The molecule has 1 fully saturated rings. The maximum absolute atomic E-state index is 13.1. The predicted molar refractivity (Wildman–Crippen MR) is 143 cm³/mol. The van der Waals surface area contributed by atoms with Crippen molar-refractivity contribution in [3.05, 3.63) is 69.8 Å². The van der Waals surface area contributed by atoms with Crippen molar-refractivity contribution in [1.29, 1.82) is 0 Å². The number of rotatable bonds is 6. The van der Waals surface area contributed by atoms with Gasteiger partial charge in [-0.05, 0) is 49.1 Å². The van der Waals surface area contributed by atoms with E-state index in [9.17, 15) is 9.59 Å². The number of hydrogen-bond donors (Lipinski definition) is 0. The van der Waals surface area contributed by atoms with Gasteiger partial charge >= 0.3 is 0 Å². The Balaban J connectivity index is 1.33. The smallest absolute Gasteiger partial charge is 0.262 e. The Morgan fingerprint density at radius 3 is 2.50 bits per heavy atom. The summed E-state index contributed by atoms with van der Waals surface area (Å²) in [4.78, 5) is 30.6. The van der Waals surface area contributed by atoms with Crippen molar-refractivity contribution in [2.75, 3.05) is 31.1 Å². The molecule has 0 unspecified atom stereocenters. The topological polar surface area (TPSA) is 75.7 Å². The number of carbonyl (C=O) groups is 1. The molecule has 1 aliphatic heterocycles. The lowest BCUT2D eigenvalue weighted by Crippen LogP contribution is -2.49. The van der Waals surface area contributed by atoms with Gasteiger partial charge in [0.15, 0.2) is 0 Å². The molecule has 0 bridgehead atoms. The summed E-state index contributed by atoms with van der Waals surface area (Å²) in [6, 6.07) is 14.1. The van der Waals surface area contributed by atoms with E-state index in [2.05, 4.69) is 61.0 Å². The first-order valence-electron chi connectivity index (χ1n) is 12.8. The molecule has 0 saturated carbocycles. The first-order chi connectivity index (χ1) is 17.3. The normalized spacial score (nSPS) is 14.4. The Labute approximate surface area is 211 Å². The SMILES string of the molecule is Cc1ccc(C)c(N2CCN(C(=O)CCc3nnc4n(CC(C)C)c(=O)c5ccccc5n34)CC2)c1. The van der Waals surface area contributed by atoms with Gasteiger partial charge in [0.1, 0.15) is 5.82 Å². The number of anilines is 1. The number of benzene rings is 2. The van der Waals surface area contributed by atoms with Crippen molar-refractivity contribution < 1.29 is 4.79 Å². The Morgan fingerprint density at radius 2 is 1.75 bits per heavy atom. The zero-order valence-corrected chi connectivity index (χ0v) is 21.6. The minimum atomic E-state index is -0.0523. The van der Waals surface area contributed by atoms with Crippen LogP contribution >= 0.6 is 0 Å². The van der Waals surface area contributed by atoms with Gasteiger partial charge in [0.05, 0.1) is 10.9 Å². The molecule has 36 heavy (non-hydrogen) atoms. The van der Waals surface area contributed by atoms with Gasteiger partial charge in [-0.2, -0.15) is 0 Å². The summed E-state index contributed by atoms with van der Waals surface area (Å²) >= 11 is 0. The largest absolute Gasteiger partial charge is 0.368 e. The molecule has 4 aromatic rings.